The molecule has 1 rings (SSSR count). The van der Waals surface area contributed by atoms with E-state index in [1.54, 1.807) is 14.1 Å². The molecule has 3 amide bonds. The molecule has 0 saturated heterocycles. The Morgan fingerprint density at radius 3 is 2.09 bits per heavy atom. The summed E-state index contributed by atoms with van der Waals surface area (Å²) in [4.78, 5) is 36.2. The predicted octanol–water partition coefficient (Wildman–Crippen LogP) is 4.75. The number of unbranched alkanes of at least 4 members (excludes halogenated alkanes) is 8. The normalized spacial score (nSPS) is 10.1. The molecule has 0 saturated carbocycles. The third kappa shape index (κ3) is 14.0. The lowest BCUT2D eigenvalue weighted by Crippen LogP contribution is -2.38. The van der Waals surface area contributed by atoms with Gasteiger partial charge in [-0.05, 0) is 49.4 Å². The van der Waals surface area contributed by atoms with Gasteiger partial charge < -0.3 is 21.2 Å². The van der Waals surface area contributed by atoms with E-state index in [-0.39, 0.29) is 18.5 Å². The van der Waals surface area contributed by atoms with E-state index in [2.05, 4.69) is 16.7 Å². The third-order valence-electron chi connectivity index (χ3n) is 5.72. The zero-order valence-corrected chi connectivity index (χ0v) is 22.0. The third-order valence-corrected chi connectivity index (χ3v) is 5.72. The van der Waals surface area contributed by atoms with Crippen molar-refractivity contribution in [3.63, 3.8) is 0 Å². The van der Waals surface area contributed by atoms with Gasteiger partial charge in [-0.15, -0.1) is 0 Å². The van der Waals surface area contributed by atoms with Gasteiger partial charge in [-0.3, -0.25) is 9.69 Å². The number of urea groups is 1. The van der Waals surface area contributed by atoms with Gasteiger partial charge >= 0.3 is 6.03 Å². The Morgan fingerprint density at radius 1 is 0.941 bits per heavy atom. The number of nitrogens with two attached hydrogens (primary N) is 1. The number of rotatable bonds is 17. The Hall–Kier alpha value is -2.41. The van der Waals surface area contributed by atoms with Crippen molar-refractivity contribution in [1.82, 2.24) is 10.6 Å². The summed E-state index contributed by atoms with van der Waals surface area (Å²) in [7, 11) is 3.31. The molecule has 0 fully saturated rings. The van der Waals surface area contributed by atoms with Gasteiger partial charge in [0.05, 0.1) is 6.54 Å². The maximum Gasteiger partial charge on any atom is 0.321 e. The number of carbonyl (C=O) groups excluding carboxylic acids is 3. The number of hydrogen-bond donors (Lipinski definition) is 3. The molecule has 34 heavy (non-hydrogen) atoms. The Balaban J connectivity index is 0.00000529. The van der Waals surface area contributed by atoms with Crippen molar-refractivity contribution in [2.45, 2.75) is 90.9 Å². The fraction of sp³-hybridized carbons (Fsp3) is 0.667. The fourth-order valence-corrected chi connectivity index (χ4v) is 3.73. The second-order valence-electron chi connectivity index (χ2n) is 8.27. The molecule has 4 N–H and O–H groups in total. The van der Waals surface area contributed by atoms with Crippen LogP contribution < -0.4 is 21.3 Å². The number of hydrogen-bond acceptors (Lipinski definition) is 4. The molecule has 0 heterocycles. The van der Waals surface area contributed by atoms with Crippen LogP contribution in [-0.4, -0.2) is 45.4 Å². The van der Waals surface area contributed by atoms with Crippen LogP contribution >= 0.6 is 0 Å². The lowest BCUT2D eigenvalue weighted by molar-refractivity contribution is -0.120. The molecule has 7 nitrogen and oxygen atoms in total. The van der Waals surface area contributed by atoms with Crippen molar-refractivity contribution in [2.24, 2.45) is 5.73 Å². The summed E-state index contributed by atoms with van der Waals surface area (Å²) in [5.74, 6) is -0.0348. The topological polar surface area (TPSA) is 105 Å². The SMILES string of the molecule is CC.CNC(=O)CCc1ccc(CCCCCCCCCCCN)cc1N(C)C(=O)NCC=O. The van der Waals surface area contributed by atoms with Gasteiger partial charge in [0.1, 0.15) is 6.29 Å². The van der Waals surface area contributed by atoms with E-state index in [1.807, 2.05) is 26.0 Å². The lowest BCUT2D eigenvalue weighted by atomic mass is 9.99. The molecule has 194 valence electrons. The van der Waals surface area contributed by atoms with Gasteiger partial charge in [-0.2, -0.15) is 0 Å². The van der Waals surface area contributed by atoms with Crippen molar-refractivity contribution < 1.29 is 14.4 Å². The highest BCUT2D eigenvalue weighted by Gasteiger charge is 2.15. The van der Waals surface area contributed by atoms with Crippen LogP contribution in [0, 0.1) is 0 Å². The highest BCUT2D eigenvalue weighted by Crippen LogP contribution is 2.24. The number of benzene rings is 1. The summed E-state index contributed by atoms with van der Waals surface area (Å²) < 4.78 is 0. The molecule has 0 bridgehead atoms. The molecule has 0 radical (unpaired) electrons. The summed E-state index contributed by atoms with van der Waals surface area (Å²) in [6.07, 6.45) is 13.7. The van der Waals surface area contributed by atoms with Crippen molar-refractivity contribution >= 4 is 23.9 Å². The second kappa shape index (κ2) is 21.1. The van der Waals surface area contributed by atoms with Crippen LogP contribution in [0.4, 0.5) is 10.5 Å². The number of aryl methyl sites for hydroxylation is 2. The number of nitrogens with one attached hydrogen (secondary N) is 2. The molecule has 0 spiro atoms. The van der Waals surface area contributed by atoms with Crippen LogP contribution in [-0.2, 0) is 22.4 Å². The monoisotopic (exact) mass is 476 g/mol. The largest absolute Gasteiger partial charge is 0.359 e. The minimum Gasteiger partial charge on any atom is -0.359 e. The molecule has 0 aliphatic heterocycles. The molecule has 1 aromatic carbocycles. The molecule has 0 aromatic heterocycles. The fourth-order valence-electron chi connectivity index (χ4n) is 3.73. The van der Waals surface area contributed by atoms with Gasteiger partial charge in [0, 0.05) is 26.2 Å². The molecule has 0 aliphatic rings. The van der Waals surface area contributed by atoms with E-state index in [1.165, 1.54) is 55.4 Å². The second-order valence-corrected chi connectivity index (χ2v) is 8.27. The maximum absolute atomic E-state index is 12.4. The van der Waals surface area contributed by atoms with Crippen LogP contribution in [0.15, 0.2) is 18.2 Å². The summed E-state index contributed by atoms with van der Waals surface area (Å²) in [6, 6.07) is 5.81. The van der Waals surface area contributed by atoms with Gasteiger partial charge in [0.15, 0.2) is 0 Å². The number of anilines is 1. The number of carbonyl (C=O) groups is 3. The van der Waals surface area contributed by atoms with Gasteiger partial charge in [0.25, 0.3) is 0 Å². The first kappa shape index (κ1) is 31.6. The molecule has 0 aliphatic carbocycles. The van der Waals surface area contributed by atoms with Gasteiger partial charge in [-0.1, -0.05) is 70.9 Å². The van der Waals surface area contributed by atoms with Gasteiger partial charge in [-0.25, -0.2) is 4.79 Å². The van der Waals surface area contributed by atoms with E-state index in [0.717, 1.165) is 37.1 Å². The van der Waals surface area contributed by atoms with Crippen LogP contribution in [0.2, 0.25) is 0 Å². The Kier molecular flexibility index (Phi) is 19.6. The van der Waals surface area contributed by atoms with Crippen LogP contribution in [0.1, 0.15) is 89.2 Å². The highest BCUT2D eigenvalue weighted by molar-refractivity contribution is 5.93. The lowest BCUT2D eigenvalue weighted by Gasteiger charge is -2.22. The molecule has 0 unspecified atom stereocenters. The van der Waals surface area contributed by atoms with Crippen LogP contribution in [0.3, 0.4) is 0 Å². The summed E-state index contributed by atoms with van der Waals surface area (Å²) >= 11 is 0. The van der Waals surface area contributed by atoms with E-state index >= 15 is 0 Å². The average molecular weight is 477 g/mol. The van der Waals surface area contributed by atoms with E-state index in [4.69, 9.17) is 5.73 Å². The molecular weight excluding hydrogens is 428 g/mol. The summed E-state index contributed by atoms with van der Waals surface area (Å²) in [6.45, 7) is 4.78. The number of amides is 3. The number of aldehydes is 1. The van der Waals surface area contributed by atoms with Crippen LogP contribution in [0.5, 0.6) is 0 Å². The van der Waals surface area contributed by atoms with E-state index < -0.39 is 0 Å². The van der Waals surface area contributed by atoms with Gasteiger partial charge in [0.2, 0.25) is 5.91 Å². The maximum atomic E-state index is 12.4. The predicted molar refractivity (Wildman–Crippen MR) is 142 cm³/mol. The average Bonchev–Trinajstić information content (AvgIpc) is 2.87. The first-order valence-electron chi connectivity index (χ1n) is 13.0. The summed E-state index contributed by atoms with van der Waals surface area (Å²) in [5, 5.41) is 5.21. The minimum atomic E-state index is -0.332. The Bertz CT molecular complexity index is 694. The number of nitrogens with zero attached hydrogens (tertiary/aromatic N) is 1. The van der Waals surface area contributed by atoms with E-state index in [9.17, 15) is 14.4 Å². The smallest absolute Gasteiger partial charge is 0.321 e. The Morgan fingerprint density at radius 2 is 1.53 bits per heavy atom. The standard InChI is InChI=1S/C25H42N4O3.C2H6/c1-27-24(31)16-15-22-14-13-21(20-23(22)29(2)25(32)28-18-19-30)12-10-8-6-4-3-5-7-9-11-17-26;1-2/h13-14,19-20H,3-12,15-18,26H2,1-2H3,(H,27,31)(H,28,32);1-2H3. The molecule has 7 heteroatoms. The zero-order valence-electron chi connectivity index (χ0n) is 22.0. The first-order valence-corrected chi connectivity index (χ1v) is 13.0. The van der Waals surface area contributed by atoms with Crippen molar-refractivity contribution in [2.75, 3.05) is 32.1 Å². The minimum absolute atomic E-state index is 0.0243. The van der Waals surface area contributed by atoms with Crippen LogP contribution in [0.25, 0.3) is 0 Å². The Labute approximate surface area is 207 Å². The quantitative estimate of drug-likeness (QED) is 0.223. The van der Waals surface area contributed by atoms with Crippen molar-refractivity contribution in [3.8, 4) is 0 Å². The van der Waals surface area contributed by atoms with Crippen molar-refractivity contribution in [3.05, 3.63) is 29.3 Å². The zero-order chi connectivity index (χ0) is 25.6. The van der Waals surface area contributed by atoms with Crippen molar-refractivity contribution in [1.29, 1.82) is 0 Å². The molecular formula is C27H48N4O3. The summed E-state index contributed by atoms with van der Waals surface area (Å²) in [5.41, 5.74) is 8.43. The molecule has 1 aromatic rings. The first-order chi connectivity index (χ1) is 16.5. The highest BCUT2D eigenvalue weighted by atomic mass is 16.2. The van der Waals surface area contributed by atoms with E-state index in [0.29, 0.717) is 19.1 Å². The molecule has 0 atom stereocenters.